The highest BCUT2D eigenvalue weighted by molar-refractivity contribution is 5.79. The van der Waals surface area contributed by atoms with Gasteiger partial charge in [-0.25, -0.2) is 4.79 Å². The topological polar surface area (TPSA) is 65.8 Å². The molecule has 23 heavy (non-hydrogen) atoms. The van der Waals surface area contributed by atoms with Crippen molar-refractivity contribution < 1.29 is 14.0 Å². The molecule has 1 aromatic rings. The number of piperazine rings is 1. The fraction of sp³-hybridized carbons (Fsp3) is 0.647. The van der Waals surface area contributed by atoms with Gasteiger partial charge in [-0.05, 0) is 18.9 Å². The zero-order valence-electron chi connectivity index (χ0n) is 13.5. The van der Waals surface area contributed by atoms with Gasteiger partial charge >= 0.3 is 6.03 Å². The minimum Gasteiger partial charge on any atom is -0.472 e. The predicted molar refractivity (Wildman–Crippen MR) is 85.7 cm³/mol. The monoisotopic (exact) mass is 319 g/mol. The lowest BCUT2D eigenvalue weighted by molar-refractivity contribution is -0.138. The van der Waals surface area contributed by atoms with Gasteiger partial charge < -0.3 is 19.5 Å². The molecule has 2 heterocycles. The van der Waals surface area contributed by atoms with E-state index in [-0.39, 0.29) is 11.9 Å². The molecule has 3 rings (SSSR count). The van der Waals surface area contributed by atoms with Crippen LogP contribution in [0.5, 0.6) is 0 Å². The molecule has 1 aliphatic carbocycles. The number of urea groups is 1. The summed E-state index contributed by atoms with van der Waals surface area (Å²) in [4.78, 5) is 28.4. The van der Waals surface area contributed by atoms with Crippen LogP contribution in [0.25, 0.3) is 0 Å². The molecule has 6 heteroatoms. The highest BCUT2D eigenvalue weighted by Gasteiger charge is 2.29. The molecule has 126 valence electrons. The Morgan fingerprint density at radius 3 is 2.43 bits per heavy atom. The lowest BCUT2D eigenvalue weighted by atomic mass is 9.88. The third-order valence-corrected chi connectivity index (χ3v) is 4.86. The summed E-state index contributed by atoms with van der Waals surface area (Å²) in [5, 5.41) is 2.89. The van der Waals surface area contributed by atoms with Gasteiger partial charge in [0, 0.05) is 44.2 Å². The van der Waals surface area contributed by atoms with Crippen molar-refractivity contribution in [1.82, 2.24) is 15.1 Å². The Kier molecular flexibility index (Phi) is 5.20. The quantitative estimate of drug-likeness (QED) is 0.929. The van der Waals surface area contributed by atoms with Gasteiger partial charge in [0.2, 0.25) is 5.91 Å². The summed E-state index contributed by atoms with van der Waals surface area (Å²) in [6.45, 7) is 2.98. The van der Waals surface area contributed by atoms with Gasteiger partial charge in [-0.2, -0.15) is 0 Å². The van der Waals surface area contributed by atoms with Crippen LogP contribution in [0, 0.1) is 5.92 Å². The van der Waals surface area contributed by atoms with Crippen molar-refractivity contribution in [3.63, 3.8) is 0 Å². The number of nitrogens with zero attached hydrogens (tertiary/aromatic N) is 2. The van der Waals surface area contributed by atoms with Gasteiger partial charge in [0.05, 0.1) is 12.5 Å². The number of amides is 3. The van der Waals surface area contributed by atoms with E-state index in [0.717, 1.165) is 18.4 Å². The van der Waals surface area contributed by atoms with Crippen LogP contribution in [-0.2, 0) is 11.3 Å². The molecule has 6 nitrogen and oxygen atoms in total. The summed E-state index contributed by atoms with van der Waals surface area (Å²) in [6.07, 6.45) is 8.89. The summed E-state index contributed by atoms with van der Waals surface area (Å²) in [6, 6.07) is 1.76. The summed E-state index contributed by atoms with van der Waals surface area (Å²) in [5.74, 6) is 0.508. The van der Waals surface area contributed by atoms with Crippen molar-refractivity contribution in [1.29, 1.82) is 0 Å². The Morgan fingerprint density at radius 2 is 1.78 bits per heavy atom. The Labute approximate surface area is 136 Å². The molecule has 0 aromatic carbocycles. The Bertz CT molecular complexity index is 515. The second kappa shape index (κ2) is 7.53. The molecule has 2 fully saturated rings. The lowest BCUT2D eigenvalue weighted by Crippen LogP contribution is -2.54. The lowest BCUT2D eigenvalue weighted by Gasteiger charge is -2.37. The first-order valence-electron chi connectivity index (χ1n) is 8.56. The van der Waals surface area contributed by atoms with Crippen molar-refractivity contribution >= 4 is 11.9 Å². The largest absolute Gasteiger partial charge is 0.472 e. The van der Waals surface area contributed by atoms with Crippen molar-refractivity contribution in [2.24, 2.45) is 5.92 Å². The summed E-state index contributed by atoms with van der Waals surface area (Å²) >= 11 is 0. The van der Waals surface area contributed by atoms with E-state index in [4.69, 9.17) is 4.42 Å². The Balaban J connectivity index is 1.42. The number of hydrogen-bond acceptors (Lipinski definition) is 3. The highest BCUT2D eigenvalue weighted by atomic mass is 16.3. The van der Waals surface area contributed by atoms with Crippen molar-refractivity contribution in [3.8, 4) is 0 Å². The van der Waals surface area contributed by atoms with Crippen LogP contribution in [0.2, 0.25) is 0 Å². The number of carbonyl (C=O) groups excluding carboxylic acids is 2. The molecule has 3 amide bonds. The first-order valence-corrected chi connectivity index (χ1v) is 8.56. The normalized spacial score (nSPS) is 19.7. The van der Waals surface area contributed by atoms with Crippen LogP contribution in [0.3, 0.4) is 0 Å². The van der Waals surface area contributed by atoms with Crippen LogP contribution >= 0.6 is 0 Å². The molecular formula is C17H25N3O3. The fourth-order valence-electron chi connectivity index (χ4n) is 3.42. The zero-order chi connectivity index (χ0) is 16.1. The number of furan rings is 1. The average molecular weight is 319 g/mol. The number of nitrogens with one attached hydrogen (secondary N) is 1. The average Bonchev–Trinajstić information content (AvgIpc) is 3.13. The Hall–Kier alpha value is -1.98. The molecule has 2 aliphatic rings. The maximum Gasteiger partial charge on any atom is 0.317 e. The van der Waals surface area contributed by atoms with E-state index in [1.165, 1.54) is 19.3 Å². The minimum absolute atomic E-state index is 0.0732. The van der Waals surface area contributed by atoms with E-state index in [1.807, 2.05) is 11.0 Å². The third-order valence-electron chi connectivity index (χ3n) is 4.86. The standard InChI is InChI=1S/C17H25N3O3/c21-16(15-4-2-1-3-5-15)19-7-9-20(10-8-19)17(22)18-12-14-6-11-23-13-14/h6,11,13,15H,1-5,7-10,12H2,(H,18,22). The van der Waals surface area contributed by atoms with E-state index in [1.54, 1.807) is 17.4 Å². The van der Waals surface area contributed by atoms with Crippen LogP contribution in [0.4, 0.5) is 4.79 Å². The van der Waals surface area contributed by atoms with E-state index < -0.39 is 0 Å². The molecule has 0 atom stereocenters. The van der Waals surface area contributed by atoms with E-state index in [0.29, 0.717) is 38.6 Å². The van der Waals surface area contributed by atoms with Crippen LogP contribution in [0.15, 0.2) is 23.0 Å². The first-order chi connectivity index (χ1) is 11.2. The van der Waals surface area contributed by atoms with Gasteiger partial charge in [-0.3, -0.25) is 4.79 Å². The fourth-order valence-corrected chi connectivity index (χ4v) is 3.42. The summed E-state index contributed by atoms with van der Waals surface area (Å²) < 4.78 is 4.98. The van der Waals surface area contributed by atoms with Crippen molar-refractivity contribution in [3.05, 3.63) is 24.2 Å². The predicted octanol–water partition coefficient (Wildman–Crippen LogP) is 2.21. The molecule has 1 N–H and O–H groups in total. The molecule has 0 spiro atoms. The van der Waals surface area contributed by atoms with Crippen molar-refractivity contribution in [2.75, 3.05) is 26.2 Å². The smallest absolute Gasteiger partial charge is 0.317 e. The van der Waals surface area contributed by atoms with Crippen LogP contribution < -0.4 is 5.32 Å². The molecule has 0 bridgehead atoms. The maximum absolute atomic E-state index is 12.5. The first kappa shape index (κ1) is 15.9. The number of carbonyl (C=O) groups is 2. The van der Waals surface area contributed by atoms with Gasteiger partial charge in [0.25, 0.3) is 0 Å². The van der Waals surface area contributed by atoms with Crippen molar-refractivity contribution in [2.45, 2.75) is 38.6 Å². The molecule has 1 aromatic heterocycles. The second-order valence-corrected chi connectivity index (χ2v) is 6.44. The summed E-state index contributed by atoms with van der Waals surface area (Å²) in [5.41, 5.74) is 0.949. The number of hydrogen-bond donors (Lipinski definition) is 1. The SMILES string of the molecule is O=C(NCc1ccoc1)N1CCN(C(=O)C2CCCCC2)CC1. The molecular weight excluding hydrogens is 294 g/mol. The molecule has 0 unspecified atom stereocenters. The third kappa shape index (κ3) is 4.06. The van der Waals surface area contributed by atoms with Crippen LogP contribution in [-0.4, -0.2) is 47.9 Å². The van der Waals surface area contributed by atoms with Crippen LogP contribution in [0.1, 0.15) is 37.7 Å². The van der Waals surface area contributed by atoms with E-state index >= 15 is 0 Å². The highest BCUT2D eigenvalue weighted by Crippen LogP contribution is 2.25. The minimum atomic E-state index is -0.0732. The molecule has 1 saturated carbocycles. The molecule has 0 radical (unpaired) electrons. The van der Waals surface area contributed by atoms with Gasteiger partial charge in [-0.1, -0.05) is 19.3 Å². The Morgan fingerprint density at radius 1 is 1.09 bits per heavy atom. The van der Waals surface area contributed by atoms with Gasteiger partial charge in [0.15, 0.2) is 0 Å². The summed E-state index contributed by atoms with van der Waals surface area (Å²) in [7, 11) is 0. The van der Waals surface area contributed by atoms with E-state index in [2.05, 4.69) is 5.32 Å². The second-order valence-electron chi connectivity index (χ2n) is 6.44. The van der Waals surface area contributed by atoms with E-state index in [9.17, 15) is 9.59 Å². The molecule has 1 saturated heterocycles. The maximum atomic E-state index is 12.5. The van der Waals surface area contributed by atoms with Gasteiger partial charge in [0.1, 0.15) is 0 Å². The zero-order valence-corrected chi connectivity index (χ0v) is 13.5. The molecule has 1 aliphatic heterocycles. The number of rotatable bonds is 3. The van der Waals surface area contributed by atoms with Gasteiger partial charge in [-0.15, -0.1) is 0 Å².